The van der Waals surface area contributed by atoms with E-state index in [1.165, 1.54) is 18.4 Å². The van der Waals surface area contributed by atoms with Gasteiger partial charge in [-0.25, -0.2) is 0 Å². The number of carbonyl (C=O) groups excluding carboxylic acids is 1. The van der Waals surface area contributed by atoms with Gasteiger partial charge < -0.3 is 14.6 Å². The van der Waals surface area contributed by atoms with E-state index in [0.29, 0.717) is 18.0 Å². The van der Waals surface area contributed by atoms with Crippen LogP contribution < -0.4 is 5.32 Å². The summed E-state index contributed by atoms with van der Waals surface area (Å²) in [5.41, 5.74) is 1.35. The minimum atomic E-state index is 0.112. The summed E-state index contributed by atoms with van der Waals surface area (Å²) in [6.45, 7) is 5.74. The molecular weight excluding hydrogens is 264 g/mol. The number of rotatable bonds is 3. The fourth-order valence-corrected chi connectivity index (χ4v) is 3.58. The van der Waals surface area contributed by atoms with Crippen LogP contribution in [0, 0.1) is 5.92 Å². The highest BCUT2D eigenvalue weighted by molar-refractivity contribution is 5.78. The first-order valence-corrected chi connectivity index (χ1v) is 8.26. The third kappa shape index (κ3) is 3.15. The number of nitrogens with one attached hydrogen (secondary N) is 1. The summed E-state index contributed by atoms with van der Waals surface area (Å²) in [5.74, 6) is 1.57. The Kier molecular flexibility index (Phi) is 4.34. The normalized spacial score (nSPS) is 23.4. The Hall–Kier alpha value is -1.29. The summed E-state index contributed by atoms with van der Waals surface area (Å²) < 4.78 is 5.56. The molecular formula is C17H26N2O2. The number of aryl methyl sites for hydroxylation is 1. The Morgan fingerprint density at radius 3 is 2.81 bits per heavy atom. The number of furan rings is 1. The number of piperidine rings is 1. The molecule has 0 radical (unpaired) electrons. The summed E-state index contributed by atoms with van der Waals surface area (Å²) in [4.78, 5) is 14.0. The van der Waals surface area contributed by atoms with E-state index in [-0.39, 0.29) is 5.92 Å². The van der Waals surface area contributed by atoms with Crippen LogP contribution in [0.2, 0.25) is 0 Å². The van der Waals surface area contributed by atoms with Gasteiger partial charge in [-0.3, -0.25) is 4.79 Å². The number of carbonyl (C=O) groups is 1. The van der Waals surface area contributed by atoms with Gasteiger partial charge in [0.1, 0.15) is 5.76 Å². The highest BCUT2D eigenvalue weighted by atomic mass is 16.3. The quantitative estimate of drug-likeness (QED) is 0.931. The van der Waals surface area contributed by atoms with Crippen molar-refractivity contribution in [2.75, 3.05) is 13.1 Å². The van der Waals surface area contributed by atoms with Gasteiger partial charge in [0.05, 0.1) is 6.26 Å². The topological polar surface area (TPSA) is 45.5 Å². The zero-order valence-corrected chi connectivity index (χ0v) is 13.1. The van der Waals surface area contributed by atoms with Crippen LogP contribution >= 0.6 is 0 Å². The molecule has 0 spiro atoms. The third-order valence-corrected chi connectivity index (χ3v) is 4.79. The van der Waals surface area contributed by atoms with E-state index in [1.54, 1.807) is 0 Å². The van der Waals surface area contributed by atoms with Crippen LogP contribution in [0.5, 0.6) is 0 Å². The van der Waals surface area contributed by atoms with Crippen LogP contribution in [0.3, 0.4) is 0 Å². The van der Waals surface area contributed by atoms with Gasteiger partial charge in [-0.05, 0) is 31.7 Å². The molecule has 3 rings (SSSR count). The maximum Gasteiger partial charge on any atom is 0.225 e. The predicted octanol–water partition coefficient (Wildman–Crippen LogP) is 2.89. The summed E-state index contributed by atoms with van der Waals surface area (Å²) in [6.07, 6.45) is 7.39. The average molecular weight is 290 g/mol. The number of fused-ring (bicyclic) bond motifs is 1. The zero-order chi connectivity index (χ0) is 14.8. The number of likely N-dealkylation sites (tertiary alicyclic amines) is 1. The summed E-state index contributed by atoms with van der Waals surface area (Å²) >= 11 is 0. The third-order valence-electron chi connectivity index (χ3n) is 4.79. The van der Waals surface area contributed by atoms with E-state index >= 15 is 0 Å². The Labute approximate surface area is 126 Å². The van der Waals surface area contributed by atoms with Gasteiger partial charge in [-0.2, -0.15) is 0 Å². The van der Waals surface area contributed by atoms with Crippen molar-refractivity contribution >= 4 is 5.91 Å². The second-order valence-corrected chi connectivity index (χ2v) is 6.66. The fraction of sp³-hybridized carbons (Fsp3) is 0.706. The minimum Gasteiger partial charge on any atom is -0.469 e. The molecule has 0 aromatic carbocycles. The molecule has 1 aliphatic heterocycles. The van der Waals surface area contributed by atoms with E-state index in [1.807, 2.05) is 25.0 Å². The smallest absolute Gasteiger partial charge is 0.225 e. The van der Waals surface area contributed by atoms with Crippen molar-refractivity contribution in [3.05, 3.63) is 23.7 Å². The lowest BCUT2D eigenvalue weighted by Gasteiger charge is -2.36. The van der Waals surface area contributed by atoms with Crippen LogP contribution in [0.15, 0.2) is 16.7 Å². The summed E-state index contributed by atoms with van der Waals surface area (Å²) in [6, 6.07) is 3.07. The Morgan fingerprint density at radius 1 is 1.33 bits per heavy atom. The molecule has 1 aliphatic carbocycles. The molecule has 1 aromatic rings. The van der Waals surface area contributed by atoms with Crippen LogP contribution in [-0.2, 0) is 11.2 Å². The molecule has 4 heteroatoms. The highest BCUT2D eigenvalue weighted by Crippen LogP contribution is 2.31. The van der Waals surface area contributed by atoms with Gasteiger partial charge in [0.25, 0.3) is 0 Å². The molecule has 1 fully saturated rings. The minimum absolute atomic E-state index is 0.112. The van der Waals surface area contributed by atoms with Crippen molar-refractivity contribution in [2.24, 2.45) is 5.92 Å². The van der Waals surface area contributed by atoms with Crippen LogP contribution in [-0.4, -0.2) is 29.9 Å². The van der Waals surface area contributed by atoms with Gasteiger partial charge in [-0.15, -0.1) is 0 Å². The van der Waals surface area contributed by atoms with Crippen molar-refractivity contribution in [2.45, 2.75) is 58.0 Å². The predicted molar refractivity (Wildman–Crippen MR) is 82.0 cm³/mol. The number of hydrogen-bond acceptors (Lipinski definition) is 3. The van der Waals surface area contributed by atoms with E-state index in [4.69, 9.17) is 4.42 Å². The van der Waals surface area contributed by atoms with Gasteiger partial charge >= 0.3 is 0 Å². The second kappa shape index (κ2) is 6.22. The van der Waals surface area contributed by atoms with E-state index in [9.17, 15) is 4.79 Å². The first-order valence-electron chi connectivity index (χ1n) is 8.26. The van der Waals surface area contributed by atoms with Crippen LogP contribution in [0.1, 0.15) is 56.9 Å². The van der Waals surface area contributed by atoms with Crippen molar-refractivity contribution in [1.82, 2.24) is 10.2 Å². The Bertz CT molecular complexity index is 487. The molecule has 1 saturated heterocycles. The maximum absolute atomic E-state index is 12.0. The summed E-state index contributed by atoms with van der Waals surface area (Å²) in [7, 11) is 0. The Balaban J connectivity index is 1.54. The second-order valence-electron chi connectivity index (χ2n) is 6.66. The van der Waals surface area contributed by atoms with Crippen LogP contribution in [0.25, 0.3) is 0 Å². The molecule has 0 bridgehead atoms. The standard InChI is InChI=1S/C17H26N2O2/c1-12(2)17(20)19-9-6-13(7-10-19)18-15-4-3-5-16-14(15)8-11-21-16/h8,11-13,15,18H,3-7,9-10H2,1-2H3. The van der Waals surface area contributed by atoms with Crippen molar-refractivity contribution in [1.29, 1.82) is 0 Å². The zero-order valence-electron chi connectivity index (χ0n) is 13.1. The van der Waals surface area contributed by atoms with Crippen molar-refractivity contribution in [3.8, 4) is 0 Å². The largest absolute Gasteiger partial charge is 0.469 e. The molecule has 21 heavy (non-hydrogen) atoms. The first-order chi connectivity index (χ1) is 10.1. The number of amides is 1. The molecule has 116 valence electrons. The lowest BCUT2D eigenvalue weighted by atomic mass is 9.91. The fourth-order valence-electron chi connectivity index (χ4n) is 3.58. The van der Waals surface area contributed by atoms with Crippen molar-refractivity contribution < 1.29 is 9.21 Å². The number of hydrogen-bond donors (Lipinski definition) is 1. The lowest BCUT2D eigenvalue weighted by molar-refractivity contribution is -0.135. The average Bonchev–Trinajstić information content (AvgIpc) is 2.97. The monoisotopic (exact) mass is 290 g/mol. The Morgan fingerprint density at radius 2 is 2.10 bits per heavy atom. The molecule has 1 amide bonds. The first kappa shape index (κ1) is 14.6. The molecule has 4 nitrogen and oxygen atoms in total. The molecule has 1 unspecified atom stereocenters. The SMILES string of the molecule is CC(C)C(=O)N1CCC(NC2CCCc3occc32)CC1. The molecule has 1 N–H and O–H groups in total. The van der Waals surface area contributed by atoms with Crippen LogP contribution in [0.4, 0.5) is 0 Å². The van der Waals surface area contributed by atoms with Gasteiger partial charge in [0, 0.05) is 43.1 Å². The van der Waals surface area contributed by atoms with E-state index in [0.717, 1.165) is 38.1 Å². The van der Waals surface area contributed by atoms with E-state index in [2.05, 4.69) is 11.4 Å². The molecule has 1 aromatic heterocycles. The van der Waals surface area contributed by atoms with Crippen molar-refractivity contribution in [3.63, 3.8) is 0 Å². The van der Waals surface area contributed by atoms with Gasteiger partial charge in [0.15, 0.2) is 0 Å². The van der Waals surface area contributed by atoms with E-state index < -0.39 is 0 Å². The number of nitrogens with zero attached hydrogens (tertiary/aromatic N) is 1. The highest BCUT2D eigenvalue weighted by Gasteiger charge is 2.28. The van der Waals surface area contributed by atoms with Gasteiger partial charge in [0.2, 0.25) is 5.91 Å². The molecule has 0 saturated carbocycles. The maximum atomic E-state index is 12.0. The van der Waals surface area contributed by atoms with Gasteiger partial charge in [-0.1, -0.05) is 13.8 Å². The summed E-state index contributed by atoms with van der Waals surface area (Å²) in [5, 5.41) is 3.79. The molecule has 2 aliphatic rings. The molecule has 2 heterocycles. The molecule has 1 atom stereocenters. The lowest BCUT2D eigenvalue weighted by Crippen LogP contribution is -2.47.